The Balaban J connectivity index is 2.10. The molecule has 1 amide bonds. The van der Waals surface area contributed by atoms with Crippen LogP contribution in [0.15, 0.2) is 85.0 Å². The van der Waals surface area contributed by atoms with Crippen LogP contribution in [0.1, 0.15) is 88.4 Å². The first-order valence-electron chi connectivity index (χ1n) is 14.7. The quantitative estimate of drug-likeness (QED) is 0.0835. The summed E-state index contributed by atoms with van der Waals surface area (Å²) >= 11 is 1.66. The maximum Gasteiger partial charge on any atom is 0.319 e. The van der Waals surface area contributed by atoms with E-state index >= 15 is 0 Å². The molecule has 1 unspecified atom stereocenters. The monoisotopic (exact) mass is 567 g/mol. The second-order valence-corrected chi connectivity index (χ2v) is 10.6. The van der Waals surface area contributed by atoms with Gasteiger partial charge in [-0.1, -0.05) is 93.2 Å². The summed E-state index contributed by atoms with van der Waals surface area (Å²) in [5, 5.41) is 12.2. The van der Waals surface area contributed by atoms with Gasteiger partial charge in [0.15, 0.2) is 0 Å². The van der Waals surface area contributed by atoms with Crippen molar-refractivity contribution < 1.29 is 19.4 Å². The number of nitrogens with one attached hydrogen (secondary N) is 1. The predicted molar refractivity (Wildman–Crippen MR) is 171 cm³/mol. The van der Waals surface area contributed by atoms with E-state index in [1.54, 1.807) is 30.0 Å². The van der Waals surface area contributed by atoms with Crippen LogP contribution in [0.5, 0.6) is 5.75 Å². The summed E-state index contributed by atoms with van der Waals surface area (Å²) in [5.74, 6) is 0.245. The third-order valence-electron chi connectivity index (χ3n) is 5.84. The van der Waals surface area contributed by atoms with Crippen molar-refractivity contribution in [2.24, 2.45) is 0 Å². The van der Waals surface area contributed by atoms with Crippen molar-refractivity contribution >= 4 is 23.6 Å². The van der Waals surface area contributed by atoms with Gasteiger partial charge in [0.1, 0.15) is 17.6 Å². The fourth-order valence-corrected chi connectivity index (χ4v) is 4.92. The molecule has 5 nitrogen and oxygen atoms in total. The van der Waals surface area contributed by atoms with E-state index < -0.39 is 0 Å². The number of aromatic hydroxyl groups is 1. The van der Waals surface area contributed by atoms with E-state index in [2.05, 4.69) is 79.9 Å². The van der Waals surface area contributed by atoms with Gasteiger partial charge >= 0.3 is 5.97 Å². The average molecular weight is 568 g/mol. The van der Waals surface area contributed by atoms with Crippen LogP contribution in [0.3, 0.4) is 0 Å². The van der Waals surface area contributed by atoms with Crippen molar-refractivity contribution in [3.8, 4) is 5.75 Å². The molecule has 6 heteroatoms. The van der Waals surface area contributed by atoms with E-state index in [4.69, 9.17) is 4.74 Å². The number of thioether (sulfide) groups is 1. The van der Waals surface area contributed by atoms with Crippen LogP contribution in [0.2, 0.25) is 0 Å². The van der Waals surface area contributed by atoms with Gasteiger partial charge in [-0.25, -0.2) is 0 Å². The summed E-state index contributed by atoms with van der Waals surface area (Å²) in [6.45, 7) is 4.53. The number of phenols is 1. The second kappa shape index (κ2) is 25.0. The van der Waals surface area contributed by atoms with Gasteiger partial charge in [-0.05, 0) is 75.7 Å². The van der Waals surface area contributed by atoms with Crippen LogP contribution in [-0.4, -0.2) is 41.1 Å². The minimum atomic E-state index is -0.388. The van der Waals surface area contributed by atoms with Crippen molar-refractivity contribution in [1.29, 1.82) is 0 Å². The zero-order chi connectivity index (χ0) is 29.1. The van der Waals surface area contributed by atoms with Gasteiger partial charge < -0.3 is 15.2 Å². The van der Waals surface area contributed by atoms with Gasteiger partial charge in [-0.15, -0.1) is 11.8 Å². The van der Waals surface area contributed by atoms with Crippen molar-refractivity contribution in [3.63, 3.8) is 0 Å². The number of esters is 1. The molecule has 0 radical (unpaired) electrons. The van der Waals surface area contributed by atoms with Crippen LogP contribution in [0.25, 0.3) is 0 Å². The van der Waals surface area contributed by atoms with Gasteiger partial charge in [-0.2, -0.15) is 0 Å². The van der Waals surface area contributed by atoms with Crippen molar-refractivity contribution in [1.82, 2.24) is 5.32 Å². The van der Waals surface area contributed by atoms with Gasteiger partial charge in [0.05, 0.1) is 12.1 Å². The first-order chi connectivity index (χ1) is 19.6. The Kier molecular flexibility index (Phi) is 21.9. The van der Waals surface area contributed by atoms with Gasteiger partial charge in [0, 0.05) is 0 Å². The first kappa shape index (κ1) is 35.0. The molecule has 0 aliphatic heterocycles. The van der Waals surface area contributed by atoms with E-state index in [0.717, 1.165) is 70.0 Å². The fourth-order valence-electron chi connectivity index (χ4n) is 3.66. The van der Waals surface area contributed by atoms with Crippen LogP contribution < -0.4 is 5.32 Å². The summed E-state index contributed by atoms with van der Waals surface area (Å²) in [5.41, 5.74) is 0.206. The highest BCUT2D eigenvalue weighted by molar-refractivity contribution is 8.00. The Hall–Kier alpha value is -2.99. The molecular weight excluding hydrogens is 518 g/mol. The summed E-state index contributed by atoms with van der Waals surface area (Å²) in [6, 6.07) is 6.35. The van der Waals surface area contributed by atoms with E-state index in [9.17, 15) is 14.7 Å². The van der Waals surface area contributed by atoms with Gasteiger partial charge in [-0.3, -0.25) is 9.59 Å². The molecule has 2 N–H and O–H groups in total. The summed E-state index contributed by atoms with van der Waals surface area (Å²) < 4.78 is 5.40. The van der Waals surface area contributed by atoms with Crippen molar-refractivity contribution in [3.05, 3.63) is 90.6 Å². The minimum absolute atomic E-state index is 0.0715. The number of phenolic OH excluding ortho intramolecular Hbond substituents is 1. The molecule has 0 bridgehead atoms. The largest absolute Gasteiger partial charge is 0.507 e. The lowest BCUT2D eigenvalue weighted by molar-refractivity contribution is -0.142. The molecule has 0 aromatic heterocycles. The number of unbranched alkanes of at least 4 members (excludes halogenated alkanes) is 2. The number of carbonyl (C=O) groups is 2. The molecule has 0 spiro atoms. The highest BCUT2D eigenvalue weighted by Crippen LogP contribution is 2.20. The van der Waals surface area contributed by atoms with Crippen LogP contribution in [0, 0.1) is 0 Å². The maximum atomic E-state index is 12.5. The number of carbonyl (C=O) groups excluding carboxylic acids is 2. The topological polar surface area (TPSA) is 75.6 Å². The molecule has 0 fully saturated rings. The number of hydrogen-bond acceptors (Lipinski definition) is 5. The molecule has 40 heavy (non-hydrogen) atoms. The summed E-state index contributed by atoms with van der Waals surface area (Å²) in [4.78, 5) is 24.6. The molecule has 0 heterocycles. The Morgan fingerprint density at radius 1 is 0.875 bits per heavy atom. The highest BCUT2D eigenvalue weighted by atomic mass is 32.2. The molecule has 1 aromatic carbocycles. The molecule has 220 valence electrons. The Morgan fingerprint density at radius 3 is 2.08 bits per heavy atom. The normalized spacial score (nSPS) is 12.8. The smallest absolute Gasteiger partial charge is 0.319 e. The summed E-state index contributed by atoms with van der Waals surface area (Å²) in [7, 11) is 0. The lowest BCUT2D eigenvalue weighted by Gasteiger charge is -2.15. The molecular formula is C34H49NO4S. The number of ether oxygens (including phenoxy) is 1. The fraction of sp³-hybridized carbons (Fsp3) is 0.471. The molecule has 1 aromatic rings. The Bertz CT molecular complexity index is 964. The predicted octanol–water partition coefficient (Wildman–Crippen LogP) is 8.49. The zero-order valence-corrected chi connectivity index (χ0v) is 25.2. The standard InChI is InChI=1S/C34H49NO4S/c1-3-5-6-7-8-9-10-11-12-13-14-15-16-17-18-19-20-23-29-40-32(24-4-2)34(38)39-28-27-35-33(37)30-25-21-22-26-31(30)36/h5-6,8-9,11-12,14-15,17-18,21-22,25-26,32,36H,3-4,7,10,13,16,19-20,23-24,27-29H2,1-2H3,(H,35,37). The van der Waals surface area contributed by atoms with Crippen LogP contribution >= 0.6 is 11.8 Å². The minimum Gasteiger partial charge on any atom is -0.507 e. The molecule has 0 saturated heterocycles. The second-order valence-electron chi connectivity index (χ2n) is 9.29. The molecule has 0 aliphatic rings. The van der Waals surface area contributed by atoms with E-state index in [1.807, 2.05) is 0 Å². The van der Waals surface area contributed by atoms with Crippen LogP contribution in [-0.2, 0) is 9.53 Å². The molecule has 0 saturated carbocycles. The molecule has 0 aliphatic carbocycles. The van der Waals surface area contributed by atoms with Gasteiger partial charge in [0.2, 0.25) is 0 Å². The third kappa shape index (κ3) is 18.3. The average Bonchev–Trinajstić information content (AvgIpc) is 2.96. The zero-order valence-electron chi connectivity index (χ0n) is 24.4. The Morgan fingerprint density at radius 2 is 1.48 bits per heavy atom. The number of allylic oxidation sites excluding steroid dienone is 10. The van der Waals surface area contributed by atoms with Gasteiger partial charge in [0.25, 0.3) is 5.91 Å². The van der Waals surface area contributed by atoms with Crippen molar-refractivity contribution in [2.45, 2.75) is 83.3 Å². The summed E-state index contributed by atoms with van der Waals surface area (Å²) in [6.07, 6.45) is 32.1. The molecule has 1 rings (SSSR count). The number of hydrogen-bond donors (Lipinski definition) is 2. The Labute approximate surface area is 246 Å². The number of rotatable bonds is 22. The SMILES string of the molecule is CCC=CCC=CCC=CCC=CCC=CCCCCSC(CCC)C(=O)OCCNC(=O)c1ccccc1O. The number of amides is 1. The van der Waals surface area contributed by atoms with Crippen molar-refractivity contribution in [2.75, 3.05) is 18.9 Å². The lowest BCUT2D eigenvalue weighted by Crippen LogP contribution is -2.30. The van der Waals surface area contributed by atoms with E-state index in [-0.39, 0.29) is 41.6 Å². The van der Waals surface area contributed by atoms with E-state index in [1.165, 1.54) is 6.07 Å². The number of benzene rings is 1. The van der Waals surface area contributed by atoms with Crippen LogP contribution in [0.4, 0.5) is 0 Å². The molecule has 1 atom stereocenters. The van der Waals surface area contributed by atoms with E-state index in [0.29, 0.717) is 0 Å². The lowest BCUT2D eigenvalue weighted by atomic mass is 10.2. The first-order valence-corrected chi connectivity index (χ1v) is 15.7. The highest BCUT2D eigenvalue weighted by Gasteiger charge is 2.19. The third-order valence-corrected chi connectivity index (χ3v) is 7.19. The maximum absolute atomic E-state index is 12.5. The number of para-hydroxylation sites is 1.